The maximum absolute atomic E-state index is 14.6. The highest BCUT2D eigenvalue weighted by molar-refractivity contribution is 6.30. The van der Waals surface area contributed by atoms with Gasteiger partial charge in [-0.25, -0.2) is 9.18 Å². The van der Waals surface area contributed by atoms with Crippen LogP contribution in [0.5, 0.6) is 5.75 Å². The zero-order valence-electron chi connectivity index (χ0n) is 19.3. The van der Waals surface area contributed by atoms with Gasteiger partial charge in [-0.05, 0) is 19.1 Å². The summed E-state index contributed by atoms with van der Waals surface area (Å²) in [6.45, 7) is 4.36. The third kappa shape index (κ3) is 5.09. The normalized spacial score (nSPS) is 12.7. The Morgan fingerprint density at radius 1 is 1.23 bits per heavy atom. The molecule has 3 aromatic rings. The number of carbonyl (C=O) groups is 2. The summed E-state index contributed by atoms with van der Waals surface area (Å²) >= 11 is 5.94. The maximum atomic E-state index is 14.6. The molecule has 10 heteroatoms. The van der Waals surface area contributed by atoms with Crippen molar-refractivity contribution < 1.29 is 28.2 Å². The standard InChI is InChI=1S/C25H24ClFN2O6/c1-3-33-25(32)18-14-29(7-9-34-15(2)30)20-12-22-21(11-17(20)24(18)31)28(8-10-35-22)13-16-5-4-6-19(26)23(16)27/h4-6,11-12,14H,3,7-10,13H2,1-2H3. The molecule has 1 aliphatic heterocycles. The fourth-order valence-electron chi connectivity index (χ4n) is 4.02. The van der Waals surface area contributed by atoms with E-state index in [1.54, 1.807) is 35.8 Å². The number of pyridine rings is 1. The lowest BCUT2D eigenvalue weighted by atomic mass is 10.1. The van der Waals surface area contributed by atoms with Crippen LogP contribution in [-0.2, 0) is 27.4 Å². The maximum Gasteiger partial charge on any atom is 0.343 e. The highest BCUT2D eigenvalue weighted by Gasteiger charge is 2.24. The van der Waals surface area contributed by atoms with Gasteiger partial charge in [0.05, 0.1) is 35.9 Å². The van der Waals surface area contributed by atoms with Crippen LogP contribution in [0.25, 0.3) is 10.9 Å². The molecule has 0 radical (unpaired) electrons. The van der Waals surface area contributed by atoms with E-state index in [2.05, 4.69) is 0 Å². The minimum absolute atomic E-state index is 0.0317. The number of fused-ring (bicyclic) bond motifs is 2. The van der Waals surface area contributed by atoms with Crippen LogP contribution in [0.2, 0.25) is 5.02 Å². The van der Waals surface area contributed by atoms with Gasteiger partial charge in [0.1, 0.15) is 30.3 Å². The smallest absolute Gasteiger partial charge is 0.343 e. The van der Waals surface area contributed by atoms with Crippen molar-refractivity contribution in [2.45, 2.75) is 26.9 Å². The second-order valence-electron chi connectivity index (χ2n) is 7.95. The summed E-state index contributed by atoms with van der Waals surface area (Å²) in [4.78, 5) is 38.9. The fraction of sp³-hybridized carbons (Fsp3) is 0.320. The molecule has 4 rings (SSSR count). The highest BCUT2D eigenvalue weighted by atomic mass is 35.5. The van der Waals surface area contributed by atoms with Gasteiger partial charge >= 0.3 is 11.9 Å². The van der Waals surface area contributed by atoms with E-state index < -0.39 is 23.2 Å². The lowest BCUT2D eigenvalue weighted by Crippen LogP contribution is -2.33. The Bertz CT molecular complexity index is 1360. The van der Waals surface area contributed by atoms with E-state index in [1.165, 1.54) is 19.2 Å². The first-order valence-corrected chi connectivity index (χ1v) is 11.5. The average Bonchev–Trinajstić information content (AvgIpc) is 2.82. The molecule has 184 valence electrons. The van der Waals surface area contributed by atoms with Crippen molar-refractivity contribution in [1.29, 1.82) is 0 Å². The molecule has 0 unspecified atom stereocenters. The zero-order chi connectivity index (χ0) is 25.1. The number of anilines is 1. The molecular formula is C25H24ClFN2O6. The van der Waals surface area contributed by atoms with Gasteiger partial charge < -0.3 is 23.7 Å². The van der Waals surface area contributed by atoms with Crippen molar-refractivity contribution >= 4 is 40.1 Å². The lowest BCUT2D eigenvalue weighted by Gasteiger charge is -2.32. The predicted octanol–water partition coefficient (Wildman–Crippen LogP) is 3.93. The third-order valence-corrected chi connectivity index (χ3v) is 5.94. The molecule has 0 bridgehead atoms. The first kappa shape index (κ1) is 24.5. The van der Waals surface area contributed by atoms with Crippen LogP contribution >= 0.6 is 11.6 Å². The van der Waals surface area contributed by atoms with E-state index in [0.29, 0.717) is 35.7 Å². The van der Waals surface area contributed by atoms with Crippen LogP contribution in [0.3, 0.4) is 0 Å². The summed E-state index contributed by atoms with van der Waals surface area (Å²) in [5.74, 6) is -1.17. The van der Waals surface area contributed by atoms with Gasteiger partial charge in [-0.15, -0.1) is 0 Å². The van der Waals surface area contributed by atoms with Gasteiger partial charge in [0, 0.05) is 36.7 Å². The van der Waals surface area contributed by atoms with Crippen LogP contribution in [-0.4, -0.2) is 42.9 Å². The fourth-order valence-corrected chi connectivity index (χ4v) is 4.22. The van der Waals surface area contributed by atoms with Crippen molar-refractivity contribution in [3.8, 4) is 5.75 Å². The van der Waals surface area contributed by atoms with Crippen molar-refractivity contribution in [2.24, 2.45) is 0 Å². The van der Waals surface area contributed by atoms with E-state index in [9.17, 15) is 18.8 Å². The number of esters is 2. The Kier molecular flexibility index (Phi) is 7.25. The molecule has 0 spiro atoms. The quantitative estimate of drug-likeness (QED) is 0.452. The molecule has 0 N–H and O–H groups in total. The highest BCUT2D eigenvalue weighted by Crippen LogP contribution is 2.36. The van der Waals surface area contributed by atoms with Crippen molar-refractivity contribution in [3.05, 3.63) is 68.7 Å². The summed E-state index contributed by atoms with van der Waals surface area (Å²) in [5.41, 5.74) is 0.873. The monoisotopic (exact) mass is 502 g/mol. The largest absolute Gasteiger partial charge is 0.489 e. The predicted molar refractivity (Wildman–Crippen MR) is 129 cm³/mol. The van der Waals surface area contributed by atoms with Gasteiger partial charge in [0.25, 0.3) is 0 Å². The number of rotatable bonds is 7. The summed E-state index contributed by atoms with van der Waals surface area (Å²) in [6, 6.07) is 8.15. The molecule has 0 saturated carbocycles. The Labute approximate surface area is 205 Å². The number of hydrogen-bond donors (Lipinski definition) is 0. The molecule has 0 saturated heterocycles. The first-order chi connectivity index (χ1) is 16.8. The average molecular weight is 503 g/mol. The van der Waals surface area contributed by atoms with E-state index in [-0.39, 0.29) is 42.3 Å². The van der Waals surface area contributed by atoms with Crippen LogP contribution in [0, 0.1) is 5.82 Å². The van der Waals surface area contributed by atoms with E-state index in [4.69, 9.17) is 25.8 Å². The van der Waals surface area contributed by atoms with Gasteiger partial charge in [-0.2, -0.15) is 0 Å². The number of hydrogen-bond acceptors (Lipinski definition) is 7. The van der Waals surface area contributed by atoms with Crippen LogP contribution in [0.4, 0.5) is 10.1 Å². The number of ether oxygens (including phenoxy) is 3. The Morgan fingerprint density at radius 2 is 2.03 bits per heavy atom. The second-order valence-corrected chi connectivity index (χ2v) is 8.35. The molecule has 35 heavy (non-hydrogen) atoms. The number of carbonyl (C=O) groups excluding carboxylic acids is 2. The molecule has 2 aromatic carbocycles. The molecule has 0 amide bonds. The second kappa shape index (κ2) is 10.4. The van der Waals surface area contributed by atoms with E-state index >= 15 is 0 Å². The van der Waals surface area contributed by atoms with E-state index in [1.807, 2.05) is 4.90 Å². The number of benzene rings is 2. The number of aromatic nitrogens is 1. The van der Waals surface area contributed by atoms with Gasteiger partial charge in [-0.3, -0.25) is 9.59 Å². The SMILES string of the molecule is CCOC(=O)c1cn(CCOC(C)=O)c2cc3c(cc2c1=O)N(Cc1cccc(Cl)c1F)CCO3. The van der Waals surface area contributed by atoms with E-state index in [0.717, 1.165) is 0 Å². The summed E-state index contributed by atoms with van der Waals surface area (Å²) < 4.78 is 32.2. The van der Waals surface area contributed by atoms with Crippen LogP contribution < -0.4 is 15.1 Å². The molecule has 1 aromatic heterocycles. The molecule has 2 heterocycles. The molecule has 0 fully saturated rings. The minimum atomic E-state index is -0.743. The lowest BCUT2D eigenvalue weighted by molar-refractivity contribution is -0.141. The van der Waals surface area contributed by atoms with Crippen molar-refractivity contribution in [3.63, 3.8) is 0 Å². The summed E-state index contributed by atoms with van der Waals surface area (Å²) in [5, 5.41) is 0.295. The molecule has 1 aliphatic rings. The van der Waals surface area contributed by atoms with Gasteiger partial charge in [0.2, 0.25) is 5.43 Å². The Hall–Kier alpha value is -3.59. The third-order valence-electron chi connectivity index (χ3n) is 5.65. The first-order valence-electron chi connectivity index (χ1n) is 11.1. The summed E-state index contributed by atoms with van der Waals surface area (Å²) in [7, 11) is 0. The molecule has 8 nitrogen and oxygen atoms in total. The molecule has 0 aliphatic carbocycles. The van der Waals surface area contributed by atoms with Crippen LogP contribution in [0.15, 0.2) is 41.3 Å². The molecule has 0 atom stereocenters. The van der Waals surface area contributed by atoms with Crippen molar-refractivity contribution in [1.82, 2.24) is 4.57 Å². The minimum Gasteiger partial charge on any atom is -0.489 e. The van der Waals surface area contributed by atoms with Gasteiger partial charge in [-0.1, -0.05) is 23.7 Å². The number of halogens is 2. The van der Waals surface area contributed by atoms with Crippen LogP contribution in [0.1, 0.15) is 29.8 Å². The number of nitrogens with zero attached hydrogens (tertiary/aromatic N) is 2. The topological polar surface area (TPSA) is 87.1 Å². The summed E-state index contributed by atoms with van der Waals surface area (Å²) in [6.07, 6.45) is 1.40. The molecular weight excluding hydrogens is 479 g/mol. The Morgan fingerprint density at radius 3 is 2.77 bits per heavy atom. The van der Waals surface area contributed by atoms with Crippen molar-refractivity contribution in [2.75, 3.05) is 31.3 Å². The Balaban J connectivity index is 1.82. The van der Waals surface area contributed by atoms with Gasteiger partial charge in [0.15, 0.2) is 0 Å². The zero-order valence-corrected chi connectivity index (χ0v) is 20.1.